The molecule has 0 aliphatic heterocycles. The van der Waals surface area contributed by atoms with Gasteiger partial charge in [0.2, 0.25) is 5.89 Å². The van der Waals surface area contributed by atoms with Gasteiger partial charge in [0.1, 0.15) is 11.2 Å². The van der Waals surface area contributed by atoms with E-state index < -0.39 is 30.0 Å². The Morgan fingerprint density at radius 2 is 1.76 bits per heavy atom. The topological polar surface area (TPSA) is 140 Å². The summed E-state index contributed by atoms with van der Waals surface area (Å²) in [6.07, 6.45) is 4.28. The summed E-state index contributed by atoms with van der Waals surface area (Å²) in [5, 5.41) is 0. The van der Waals surface area contributed by atoms with Gasteiger partial charge in [-0.2, -0.15) is 13.2 Å². The van der Waals surface area contributed by atoms with Gasteiger partial charge in [-0.15, -0.1) is 0 Å². The third-order valence-electron chi connectivity index (χ3n) is 4.61. The summed E-state index contributed by atoms with van der Waals surface area (Å²) in [5.74, 6) is -0.292. The van der Waals surface area contributed by atoms with Crippen LogP contribution in [0.15, 0.2) is 63.1 Å². The van der Waals surface area contributed by atoms with E-state index in [1.54, 1.807) is 6.07 Å². The van der Waals surface area contributed by atoms with Crippen molar-refractivity contribution in [3.8, 4) is 23.0 Å². The molecule has 3 heterocycles. The Morgan fingerprint density at radius 3 is 2.39 bits per heavy atom. The molecular weight excluding hydrogens is 483 g/mol. The molecule has 4 aromatic rings. The number of pyridine rings is 1. The molecule has 1 aromatic carbocycles. The number of halogens is 3. The molecule has 0 aliphatic rings. The average molecular weight is 497 g/mol. The van der Waals surface area contributed by atoms with Gasteiger partial charge in [0, 0.05) is 24.2 Å². The van der Waals surface area contributed by atoms with Crippen LogP contribution < -0.4 is 0 Å². The van der Waals surface area contributed by atoms with Crippen LogP contribution in [0.1, 0.15) is 6.92 Å². The molecule has 0 amide bonds. The Hall–Kier alpha value is -3.39. The number of benzene rings is 1. The maximum absolute atomic E-state index is 13.0. The average Bonchev–Trinajstić information content (AvgIpc) is 3.22. The van der Waals surface area contributed by atoms with E-state index in [2.05, 4.69) is 19.9 Å². The molecule has 0 aliphatic carbocycles. The molecule has 1 N–H and O–H groups in total. The van der Waals surface area contributed by atoms with Gasteiger partial charge in [0.15, 0.2) is 31.0 Å². The van der Waals surface area contributed by atoms with Crippen LogP contribution in [-0.4, -0.2) is 43.8 Å². The first-order valence-electron chi connectivity index (χ1n) is 9.20. The molecule has 14 heteroatoms. The Morgan fingerprint density at radius 1 is 1.06 bits per heavy atom. The molecule has 0 saturated heterocycles. The Bertz CT molecular complexity index is 1570. The first-order chi connectivity index (χ1) is 15.4. The largest absolute Gasteiger partial charge is 0.483 e. The zero-order chi connectivity index (χ0) is 24.0. The fraction of sp³-hybridized carbons (Fsp3) is 0.158. The van der Waals surface area contributed by atoms with Crippen LogP contribution in [0, 0.1) is 4.78 Å². The van der Waals surface area contributed by atoms with Crippen molar-refractivity contribution in [1.29, 1.82) is 4.78 Å². The minimum absolute atomic E-state index is 0.00300. The van der Waals surface area contributed by atoms with E-state index in [4.69, 9.17) is 9.20 Å². The van der Waals surface area contributed by atoms with Gasteiger partial charge in [0.05, 0.1) is 15.5 Å². The van der Waals surface area contributed by atoms with Crippen LogP contribution in [0.3, 0.4) is 0 Å². The number of hydrogen-bond acceptors (Lipinski definition) is 9. The first-order valence-corrected chi connectivity index (χ1v) is 12.4. The first kappa shape index (κ1) is 22.8. The van der Waals surface area contributed by atoms with Gasteiger partial charge in [-0.1, -0.05) is 6.92 Å². The van der Waals surface area contributed by atoms with Crippen LogP contribution in [0.4, 0.5) is 13.2 Å². The maximum atomic E-state index is 13.0. The third-order valence-corrected chi connectivity index (χ3v) is 7.92. The van der Waals surface area contributed by atoms with Crippen molar-refractivity contribution in [3.05, 3.63) is 48.9 Å². The number of alkyl halides is 3. The molecule has 1 unspecified atom stereocenters. The zero-order valence-corrected chi connectivity index (χ0v) is 18.3. The predicted octanol–water partition coefficient (Wildman–Crippen LogP) is 4.07. The highest BCUT2D eigenvalue weighted by Crippen LogP contribution is 2.35. The SMILES string of the molecule is CCS(=O)(=O)c1cc(-c2ncccn2)cnc1-c1nc2cc(S(=N)(=O)C(F)(F)F)ccc2o1. The summed E-state index contributed by atoms with van der Waals surface area (Å²) >= 11 is 0. The Labute approximate surface area is 185 Å². The summed E-state index contributed by atoms with van der Waals surface area (Å²) in [7, 11) is -8.94. The highest BCUT2D eigenvalue weighted by atomic mass is 32.2. The van der Waals surface area contributed by atoms with Gasteiger partial charge < -0.3 is 4.42 Å². The highest BCUT2D eigenvalue weighted by Gasteiger charge is 2.43. The molecule has 0 bridgehead atoms. The van der Waals surface area contributed by atoms with Crippen LogP contribution in [0.5, 0.6) is 0 Å². The van der Waals surface area contributed by atoms with Crippen molar-refractivity contribution in [2.75, 3.05) is 5.75 Å². The minimum Gasteiger partial charge on any atom is -0.435 e. The molecule has 1 atom stereocenters. The summed E-state index contributed by atoms with van der Waals surface area (Å²) in [6.45, 7) is 1.44. The summed E-state index contributed by atoms with van der Waals surface area (Å²) in [6, 6.07) is 5.67. The molecule has 9 nitrogen and oxygen atoms in total. The molecule has 0 radical (unpaired) electrons. The lowest BCUT2D eigenvalue weighted by molar-refractivity contribution is -0.0406. The Balaban J connectivity index is 1.89. The van der Waals surface area contributed by atoms with Crippen LogP contribution in [0.2, 0.25) is 0 Å². The summed E-state index contributed by atoms with van der Waals surface area (Å²) < 4.78 is 89.2. The molecule has 0 saturated carbocycles. The van der Waals surface area contributed by atoms with E-state index in [1.165, 1.54) is 31.6 Å². The van der Waals surface area contributed by atoms with Crippen LogP contribution in [0.25, 0.3) is 34.1 Å². The minimum atomic E-state index is -5.27. The number of sulfone groups is 1. The quantitative estimate of drug-likeness (QED) is 0.435. The second-order valence-corrected chi connectivity index (χ2v) is 11.0. The smallest absolute Gasteiger partial charge is 0.435 e. The van der Waals surface area contributed by atoms with E-state index in [0.717, 1.165) is 18.2 Å². The fourth-order valence-electron chi connectivity index (χ4n) is 2.89. The van der Waals surface area contributed by atoms with Crippen LogP contribution >= 0.6 is 0 Å². The van der Waals surface area contributed by atoms with E-state index in [0.29, 0.717) is 5.56 Å². The van der Waals surface area contributed by atoms with E-state index in [9.17, 15) is 25.8 Å². The van der Waals surface area contributed by atoms with Gasteiger partial charge in [-0.3, -0.25) is 0 Å². The summed E-state index contributed by atoms with van der Waals surface area (Å²) in [5.41, 5.74) is -5.24. The maximum Gasteiger partial charge on any atom is 0.483 e. The number of rotatable bonds is 5. The predicted molar refractivity (Wildman–Crippen MR) is 111 cm³/mol. The third kappa shape index (κ3) is 4.06. The van der Waals surface area contributed by atoms with Crippen molar-refractivity contribution in [3.63, 3.8) is 0 Å². The van der Waals surface area contributed by atoms with Gasteiger partial charge >= 0.3 is 5.51 Å². The molecule has 172 valence electrons. The van der Waals surface area contributed by atoms with Gasteiger partial charge in [-0.05, 0) is 30.3 Å². The highest BCUT2D eigenvalue weighted by molar-refractivity contribution is 7.93. The van der Waals surface area contributed by atoms with E-state index in [-0.39, 0.29) is 39.2 Å². The number of aromatic nitrogens is 4. The number of fused-ring (bicyclic) bond motifs is 1. The number of oxazole rings is 1. The van der Waals surface area contributed by atoms with E-state index >= 15 is 0 Å². The molecule has 3 aromatic heterocycles. The molecule has 0 spiro atoms. The second-order valence-electron chi connectivity index (χ2n) is 6.70. The lowest BCUT2D eigenvalue weighted by Gasteiger charge is -2.10. The van der Waals surface area contributed by atoms with Crippen molar-refractivity contribution in [2.45, 2.75) is 22.2 Å². The lowest BCUT2D eigenvalue weighted by Crippen LogP contribution is -2.21. The van der Waals surface area contributed by atoms with Crippen molar-refractivity contribution < 1.29 is 30.2 Å². The van der Waals surface area contributed by atoms with E-state index in [1.807, 2.05) is 0 Å². The Kier molecular flexibility index (Phi) is 5.44. The van der Waals surface area contributed by atoms with Crippen LogP contribution in [-0.2, 0) is 19.6 Å². The zero-order valence-electron chi connectivity index (χ0n) is 16.7. The molecule has 33 heavy (non-hydrogen) atoms. The molecule has 0 fully saturated rings. The standard InChI is InChI=1S/C19H14F3N5O4S2/c1-2-32(28,29)15-8-11(17-24-6-3-7-25-17)10-26-16(15)18-27-13-9-12(4-5-14(13)31-18)33(23,30)19(20,21)22/h3-10,23H,2H2,1H3. The number of hydrogen-bond donors (Lipinski definition) is 1. The van der Waals surface area contributed by atoms with Crippen molar-refractivity contribution in [2.24, 2.45) is 0 Å². The van der Waals surface area contributed by atoms with Crippen molar-refractivity contribution in [1.82, 2.24) is 19.9 Å². The second kappa shape index (κ2) is 7.88. The summed E-state index contributed by atoms with van der Waals surface area (Å²) in [4.78, 5) is 15.3. The number of nitrogens with zero attached hydrogens (tertiary/aromatic N) is 4. The fourth-order valence-corrected chi connectivity index (χ4v) is 4.75. The van der Waals surface area contributed by atoms with Crippen molar-refractivity contribution >= 4 is 30.7 Å². The normalized spacial score (nSPS) is 14.3. The molecular formula is C19H14F3N5O4S2. The monoisotopic (exact) mass is 497 g/mol. The van der Waals surface area contributed by atoms with Gasteiger partial charge in [-0.25, -0.2) is 37.3 Å². The molecule has 4 rings (SSSR count). The lowest BCUT2D eigenvalue weighted by atomic mass is 10.2. The number of nitrogens with one attached hydrogen (secondary N) is 1. The van der Waals surface area contributed by atoms with Gasteiger partial charge in [0.25, 0.3) is 0 Å².